The maximum Gasteiger partial charge on any atom is 0.262 e. The van der Waals surface area contributed by atoms with Crippen LogP contribution in [0.3, 0.4) is 0 Å². The number of nitrogens with zero attached hydrogens (tertiary/aromatic N) is 5. The predicted octanol–water partition coefficient (Wildman–Crippen LogP) is 2.64. The van der Waals surface area contributed by atoms with Crippen LogP contribution in [0.2, 0.25) is 0 Å². The van der Waals surface area contributed by atoms with E-state index in [2.05, 4.69) is 20.7 Å². The van der Waals surface area contributed by atoms with E-state index in [0.717, 1.165) is 11.1 Å². The van der Waals surface area contributed by atoms with Gasteiger partial charge in [-0.2, -0.15) is 5.10 Å². The van der Waals surface area contributed by atoms with Crippen molar-refractivity contribution in [1.29, 1.82) is 0 Å². The van der Waals surface area contributed by atoms with Gasteiger partial charge >= 0.3 is 0 Å². The summed E-state index contributed by atoms with van der Waals surface area (Å²) in [4.78, 5) is 30.2. The van der Waals surface area contributed by atoms with Gasteiger partial charge in [0.05, 0.1) is 27.8 Å². The number of rotatable bonds is 6. The van der Waals surface area contributed by atoms with Crippen LogP contribution in [0, 0.1) is 6.92 Å². The third-order valence-electron chi connectivity index (χ3n) is 5.22. The van der Waals surface area contributed by atoms with Crippen molar-refractivity contribution in [3.63, 3.8) is 0 Å². The van der Waals surface area contributed by atoms with Gasteiger partial charge in [0.1, 0.15) is 5.82 Å². The number of pyridine rings is 2. The minimum atomic E-state index is -2.68. The molecule has 4 aromatic rings. The lowest BCUT2D eigenvalue weighted by Gasteiger charge is -2.13. The molecule has 0 unspecified atom stereocenters. The summed E-state index contributed by atoms with van der Waals surface area (Å²) in [6, 6.07) is 3.32. The maximum absolute atomic E-state index is 13.2. The topological polar surface area (TPSA) is 111 Å². The van der Waals surface area contributed by atoms with E-state index >= 15 is 0 Å². The Morgan fingerprint density at radius 2 is 2.00 bits per heavy atom. The molecule has 4 aromatic heterocycles. The van der Waals surface area contributed by atoms with E-state index in [1.807, 2.05) is 37.0 Å². The fourth-order valence-corrected chi connectivity index (χ4v) is 3.78. The molecule has 0 radical (unpaired) electrons. The summed E-state index contributed by atoms with van der Waals surface area (Å²) in [5, 5.41) is 12.9. The van der Waals surface area contributed by atoms with Gasteiger partial charge in [0.2, 0.25) is 0 Å². The van der Waals surface area contributed by atoms with Gasteiger partial charge in [-0.3, -0.25) is 14.3 Å². The molecule has 10 nitrogen and oxygen atoms in total. The molecule has 32 heavy (non-hydrogen) atoms. The molecular weight excluding hydrogens is 408 g/mol. The molecule has 0 saturated carbocycles. The number of nitrogens with one attached hydrogen (secondary N) is 3. The van der Waals surface area contributed by atoms with Crippen LogP contribution >= 0.6 is 0 Å². The number of aryl methyl sites for hydroxylation is 4. The van der Waals surface area contributed by atoms with E-state index in [1.54, 1.807) is 40.8 Å². The summed E-state index contributed by atoms with van der Waals surface area (Å²) in [6.45, 7) is 1.64. The molecule has 0 aliphatic rings. The highest BCUT2D eigenvalue weighted by molar-refractivity contribution is 6.02. The van der Waals surface area contributed by atoms with Crippen LogP contribution in [0.1, 0.15) is 27.0 Å². The van der Waals surface area contributed by atoms with E-state index in [9.17, 15) is 9.59 Å². The van der Waals surface area contributed by atoms with Crippen LogP contribution in [0.15, 0.2) is 41.7 Å². The molecule has 166 valence electrons. The van der Waals surface area contributed by atoms with Crippen molar-refractivity contribution >= 4 is 39.8 Å². The zero-order chi connectivity index (χ0) is 25.5. The van der Waals surface area contributed by atoms with Crippen molar-refractivity contribution in [2.45, 2.75) is 20.4 Å². The second-order valence-corrected chi connectivity index (χ2v) is 7.47. The molecule has 1 amide bonds. The molecule has 0 aliphatic heterocycles. The predicted molar refractivity (Wildman–Crippen MR) is 125 cm³/mol. The first kappa shape index (κ1) is 17.6. The van der Waals surface area contributed by atoms with Crippen LogP contribution in [-0.2, 0) is 20.6 Å². The minimum Gasteiger partial charge on any atom is -0.355 e. The number of fused-ring (bicyclic) bond motifs is 1. The van der Waals surface area contributed by atoms with E-state index in [4.69, 9.17) is 4.11 Å². The lowest BCUT2D eigenvalue weighted by Crippen LogP contribution is -2.21. The second kappa shape index (κ2) is 8.22. The molecule has 0 spiro atoms. The zero-order valence-corrected chi connectivity index (χ0v) is 18.2. The van der Waals surface area contributed by atoms with Crippen molar-refractivity contribution in [3.05, 3.63) is 58.4 Å². The van der Waals surface area contributed by atoms with Crippen molar-refractivity contribution < 1.29 is 8.91 Å². The normalized spacial score (nSPS) is 12.8. The number of amides is 1. The molecule has 0 atom stereocenters. The average Bonchev–Trinajstić information content (AvgIpc) is 3.32. The standard InChI is InChI=1S/C22H26N8O2/c1-6-30-11-13(2)20-19(22(30)32)16(12-28(20)4)25-15-9-18(24-10-14(15)21(31)23-3)26-17-7-8-29(5)27-17/h7-12H,6H2,1-5H3,(H,23,31)(H2,24,25,26,27)/i3D3. The first-order chi connectivity index (χ1) is 16.5. The van der Waals surface area contributed by atoms with E-state index in [1.165, 1.54) is 6.20 Å². The molecule has 0 bridgehead atoms. The summed E-state index contributed by atoms with van der Waals surface area (Å²) in [5.74, 6) is 0.0862. The van der Waals surface area contributed by atoms with Gasteiger partial charge in [0, 0.05) is 68.6 Å². The SMILES string of the molecule is [2H]C([2H])([2H])NC(=O)c1cnc(Nc2ccn(C)n2)cc1Nc1cn(C)c2c(C)cn(CC)c(=O)c12. The third kappa shape index (κ3) is 3.70. The van der Waals surface area contributed by atoms with Gasteiger partial charge in [-0.1, -0.05) is 0 Å². The highest BCUT2D eigenvalue weighted by Gasteiger charge is 2.18. The molecule has 0 saturated heterocycles. The fourth-order valence-electron chi connectivity index (χ4n) is 3.78. The Bertz CT molecular complexity index is 1480. The van der Waals surface area contributed by atoms with Crippen LogP contribution < -0.4 is 21.5 Å². The number of aromatic nitrogens is 5. The summed E-state index contributed by atoms with van der Waals surface area (Å²) in [6.07, 6.45) is 6.61. The minimum absolute atomic E-state index is 0.00756. The summed E-state index contributed by atoms with van der Waals surface area (Å²) >= 11 is 0. The lowest BCUT2D eigenvalue weighted by molar-refractivity contribution is 0.0963. The third-order valence-corrected chi connectivity index (χ3v) is 5.22. The van der Waals surface area contributed by atoms with Gasteiger partial charge in [0.15, 0.2) is 5.82 Å². The number of hydrogen-bond acceptors (Lipinski definition) is 6. The van der Waals surface area contributed by atoms with Crippen LogP contribution in [0.5, 0.6) is 0 Å². The molecule has 4 heterocycles. The molecule has 3 N–H and O–H groups in total. The monoisotopic (exact) mass is 437 g/mol. The largest absolute Gasteiger partial charge is 0.355 e. The van der Waals surface area contributed by atoms with Gasteiger partial charge in [-0.15, -0.1) is 0 Å². The van der Waals surface area contributed by atoms with Gasteiger partial charge < -0.3 is 25.1 Å². The first-order valence-electron chi connectivity index (χ1n) is 11.5. The quantitative estimate of drug-likeness (QED) is 0.428. The van der Waals surface area contributed by atoms with Crippen LogP contribution in [0.4, 0.5) is 23.0 Å². The molecule has 4 rings (SSSR count). The van der Waals surface area contributed by atoms with Crippen LogP contribution in [0.25, 0.3) is 10.9 Å². The lowest BCUT2D eigenvalue weighted by atomic mass is 10.1. The average molecular weight is 438 g/mol. The Kier molecular flexibility index (Phi) is 4.51. The molecule has 0 aromatic carbocycles. The Morgan fingerprint density at radius 3 is 2.69 bits per heavy atom. The highest BCUT2D eigenvalue weighted by Crippen LogP contribution is 2.30. The summed E-state index contributed by atoms with van der Waals surface area (Å²) in [5.41, 5.74) is 2.27. The van der Waals surface area contributed by atoms with Gasteiger partial charge in [-0.05, 0) is 19.4 Å². The smallest absolute Gasteiger partial charge is 0.262 e. The van der Waals surface area contributed by atoms with Gasteiger partial charge in [-0.25, -0.2) is 4.98 Å². The Balaban J connectivity index is 1.83. The summed E-state index contributed by atoms with van der Waals surface area (Å²) < 4.78 is 27.3. The Labute approximate surface area is 189 Å². The summed E-state index contributed by atoms with van der Waals surface area (Å²) in [7, 11) is 3.61. The number of carbonyl (C=O) groups is 1. The Morgan fingerprint density at radius 1 is 1.19 bits per heavy atom. The van der Waals surface area contributed by atoms with E-state index in [0.29, 0.717) is 29.3 Å². The first-order valence-corrected chi connectivity index (χ1v) is 10.0. The number of carbonyl (C=O) groups excluding carboxylic acids is 1. The van der Waals surface area contributed by atoms with Crippen molar-refractivity contribution in [1.82, 2.24) is 29.2 Å². The molecule has 0 aliphatic carbocycles. The highest BCUT2D eigenvalue weighted by atomic mass is 16.1. The number of anilines is 4. The van der Waals surface area contributed by atoms with E-state index < -0.39 is 12.9 Å². The van der Waals surface area contributed by atoms with E-state index in [-0.39, 0.29) is 16.8 Å². The molecular formula is C22H26N8O2. The van der Waals surface area contributed by atoms with Crippen LogP contribution in [-0.4, -0.2) is 36.8 Å². The zero-order valence-electron chi connectivity index (χ0n) is 21.2. The Hall–Kier alpha value is -4.08. The second-order valence-electron chi connectivity index (χ2n) is 7.47. The molecule has 0 fully saturated rings. The van der Waals surface area contributed by atoms with Crippen molar-refractivity contribution in [3.8, 4) is 0 Å². The molecule has 10 heteroatoms. The van der Waals surface area contributed by atoms with Crippen molar-refractivity contribution in [2.75, 3.05) is 17.6 Å². The van der Waals surface area contributed by atoms with Gasteiger partial charge in [0.25, 0.3) is 11.5 Å². The maximum atomic E-state index is 13.2. The number of hydrogen-bond donors (Lipinski definition) is 3. The van der Waals surface area contributed by atoms with Crippen molar-refractivity contribution in [2.24, 2.45) is 14.1 Å². The fraction of sp³-hybridized carbons (Fsp3) is 0.273.